The van der Waals surface area contributed by atoms with E-state index < -0.39 is 0 Å². The van der Waals surface area contributed by atoms with Gasteiger partial charge in [0, 0.05) is 6.54 Å². The van der Waals surface area contributed by atoms with Crippen LogP contribution in [0.15, 0.2) is 48.5 Å². The van der Waals surface area contributed by atoms with Crippen LogP contribution in [0.4, 0.5) is 0 Å². The monoisotopic (exact) mass is 253 g/mol. The summed E-state index contributed by atoms with van der Waals surface area (Å²) in [7, 11) is 1.70. The van der Waals surface area contributed by atoms with Crippen LogP contribution < -0.4 is 10.1 Å². The molecule has 1 saturated heterocycles. The number of rotatable bonds is 3. The zero-order chi connectivity index (χ0) is 13.1. The van der Waals surface area contributed by atoms with Crippen LogP contribution in [-0.4, -0.2) is 20.2 Å². The van der Waals surface area contributed by atoms with Gasteiger partial charge >= 0.3 is 0 Å². The van der Waals surface area contributed by atoms with Gasteiger partial charge in [0.25, 0.3) is 0 Å². The molecule has 3 rings (SSSR count). The normalized spacial score (nSPS) is 18.5. The zero-order valence-corrected chi connectivity index (χ0v) is 11.2. The van der Waals surface area contributed by atoms with Gasteiger partial charge in [-0.1, -0.05) is 36.4 Å². The van der Waals surface area contributed by atoms with Crippen LogP contribution in [-0.2, 0) is 0 Å². The molecule has 0 aliphatic carbocycles. The van der Waals surface area contributed by atoms with Gasteiger partial charge in [-0.25, -0.2) is 0 Å². The zero-order valence-electron chi connectivity index (χ0n) is 11.2. The average molecular weight is 253 g/mol. The van der Waals surface area contributed by atoms with Gasteiger partial charge in [-0.2, -0.15) is 0 Å². The smallest absolute Gasteiger partial charge is 0.119 e. The number of hydrogen-bond donors (Lipinski definition) is 1. The van der Waals surface area contributed by atoms with Crippen molar-refractivity contribution in [1.82, 2.24) is 5.32 Å². The maximum Gasteiger partial charge on any atom is 0.119 e. The summed E-state index contributed by atoms with van der Waals surface area (Å²) >= 11 is 0. The third-order valence-electron chi connectivity index (χ3n) is 3.85. The van der Waals surface area contributed by atoms with Crippen molar-refractivity contribution in [2.24, 2.45) is 0 Å². The van der Waals surface area contributed by atoms with Crippen LogP contribution >= 0.6 is 0 Å². The molecule has 1 N–H and O–H groups in total. The highest BCUT2D eigenvalue weighted by molar-refractivity contribution is 5.65. The third kappa shape index (κ3) is 2.64. The lowest BCUT2D eigenvalue weighted by Gasteiger charge is -2.10. The largest absolute Gasteiger partial charge is 0.497 e. The summed E-state index contributed by atoms with van der Waals surface area (Å²) in [5, 5.41) is 3.42. The molecule has 0 radical (unpaired) electrons. The molecule has 2 heteroatoms. The van der Waals surface area contributed by atoms with Gasteiger partial charge in [-0.3, -0.25) is 0 Å². The van der Waals surface area contributed by atoms with Crippen molar-refractivity contribution in [3.05, 3.63) is 54.1 Å². The minimum atomic E-state index is 0.680. The van der Waals surface area contributed by atoms with E-state index in [4.69, 9.17) is 4.74 Å². The lowest BCUT2D eigenvalue weighted by Crippen LogP contribution is -2.07. The molecule has 1 fully saturated rings. The highest BCUT2D eigenvalue weighted by Crippen LogP contribution is 2.27. The first kappa shape index (κ1) is 12.2. The summed E-state index contributed by atoms with van der Waals surface area (Å²) in [5.74, 6) is 1.58. The van der Waals surface area contributed by atoms with E-state index in [9.17, 15) is 0 Å². The van der Waals surface area contributed by atoms with Crippen molar-refractivity contribution in [2.75, 3.05) is 20.2 Å². The van der Waals surface area contributed by atoms with Crippen LogP contribution in [0.25, 0.3) is 11.1 Å². The fourth-order valence-corrected chi connectivity index (χ4v) is 2.69. The molecule has 0 spiro atoms. The fourth-order valence-electron chi connectivity index (χ4n) is 2.69. The summed E-state index contributed by atoms with van der Waals surface area (Å²) in [4.78, 5) is 0. The van der Waals surface area contributed by atoms with Gasteiger partial charge in [0.1, 0.15) is 5.75 Å². The highest BCUT2D eigenvalue weighted by atomic mass is 16.5. The Bertz CT molecular complexity index is 541. The molecule has 19 heavy (non-hydrogen) atoms. The average Bonchev–Trinajstić information content (AvgIpc) is 3.02. The lowest BCUT2D eigenvalue weighted by atomic mass is 9.95. The van der Waals surface area contributed by atoms with Gasteiger partial charge < -0.3 is 10.1 Å². The van der Waals surface area contributed by atoms with Gasteiger partial charge in [0.2, 0.25) is 0 Å². The number of benzene rings is 2. The molecule has 0 saturated carbocycles. The van der Waals surface area contributed by atoms with E-state index >= 15 is 0 Å². The van der Waals surface area contributed by atoms with Gasteiger partial charge in [-0.05, 0) is 47.7 Å². The third-order valence-corrected chi connectivity index (χ3v) is 3.85. The van der Waals surface area contributed by atoms with E-state index in [2.05, 4.69) is 41.7 Å². The molecule has 2 aromatic carbocycles. The minimum Gasteiger partial charge on any atom is -0.497 e. The predicted octanol–water partition coefficient (Wildman–Crippen LogP) is 3.44. The Balaban J connectivity index is 1.84. The second-order valence-electron chi connectivity index (χ2n) is 5.04. The summed E-state index contributed by atoms with van der Waals surface area (Å²) in [6.07, 6.45) is 1.25. The van der Waals surface area contributed by atoms with Gasteiger partial charge in [-0.15, -0.1) is 0 Å². The van der Waals surface area contributed by atoms with Gasteiger partial charge in [0.15, 0.2) is 0 Å². The maximum absolute atomic E-state index is 5.27. The Morgan fingerprint density at radius 1 is 1.05 bits per heavy atom. The Hall–Kier alpha value is -1.80. The molecular weight excluding hydrogens is 234 g/mol. The molecule has 0 aromatic heterocycles. The molecule has 1 aliphatic heterocycles. The van der Waals surface area contributed by atoms with Crippen LogP contribution in [0.5, 0.6) is 5.75 Å². The van der Waals surface area contributed by atoms with Crippen LogP contribution in [0.1, 0.15) is 17.9 Å². The SMILES string of the molecule is COc1cccc(-c2ccc(C3CCNC3)cc2)c1. The number of nitrogens with one attached hydrogen (secondary N) is 1. The van der Waals surface area contributed by atoms with E-state index in [0.29, 0.717) is 5.92 Å². The molecular formula is C17H19NO. The van der Waals surface area contributed by atoms with Crippen molar-refractivity contribution >= 4 is 0 Å². The summed E-state index contributed by atoms with van der Waals surface area (Å²) in [6, 6.07) is 17.1. The first-order chi connectivity index (χ1) is 9.36. The number of methoxy groups -OCH3 is 1. The van der Waals surface area contributed by atoms with E-state index in [-0.39, 0.29) is 0 Å². The quantitative estimate of drug-likeness (QED) is 0.904. The highest BCUT2D eigenvalue weighted by Gasteiger charge is 2.16. The molecule has 0 amide bonds. The van der Waals surface area contributed by atoms with Crippen LogP contribution in [0, 0.1) is 0 Å². The van der Waals surface area contributed by atoms with Crippen molar-refractivity contribution < 1.29 is 4.74 Å². The first-order valence-electron chi connectivity index (χ1n) is 6.82. The minimum absolute atomic E-state index is 0.680. The summed E-state index contributed by atoms with van der Waals surface area (Å²) in [5.41, 5.74) is 3.89. The Labute approximate surface area is 114 Å². The number of ether oxygens (including phenoxy) is 1. The second kappa shape index (κ2) is 5.45. The Morgan fingerprint density at radius 3 is 2.58 bits per heavy atom. The van der Waals surface area contributed by atoms with Crippen molar-refractivity contribution in [3.63, 3.8) is 0 Å². The molecule has 98 valence electrons. The van der Waals surface area contributed by atoms with Crippen molar-refractivity contribution in [1.29, 1.82) is 0 Å². The lowest BCUT2D eigenvalue weighted by molar-refractivity contribution is 0.415. The molecule has 1 unspecified atom stereocenters. The molecule has 1 heterocycles. The first-order valence-corrected chi connectivity index (χ1v) is 6.82. The van der Waals surface area contributed by atoms with E-state index in [1.807, 2.05) is 12.1 Å². The predicted molar refractivity (Wildman–Crippen MR) is 78.7 cm³/mol. The van der Waals surface area contributed by atoms with Crippen molar-refractivity contribution in [2.45, 2.75) is 12.3 Å². The van der Waals surface area contributed by atoms with E-state index in [0.717, 1.165) is 18.8 Å². The maximum atomic E-state index is 5.27. The molecule has 0 bridgehead atoms. The Kier molecular flexibility index (Phi) is 3.51. The fraction of sp³-hybridized carbons (Fsp3) is 0.294. The van der Waals surface area contributed by atoms with Gasteiger partial charge in [0.05, 0.1) is 7.11 Å². The molecule has 2 nitrogen and oxygen atoms in total. The van der Waals surface area contributed by atoms with E-state index in [1.165, 1.54) is 23.1 Å². The molecule has 1 aliphatic rings. The Morgan fingerprint density at radius 2 is 1.89 bits per heavy atom. The molecule has 2 aromatic rings. The van der Waals surface area contributed by atoms with Crippen LogP contribution in [0.3, 0.4) is 0 Å². The standard InChI is InChI=1S/C17H19NO/c1-19-17-4-2-3-15(11-17)13-5-7-14(8-6-13)16-9-10-18-12-16/h2-8,11,16,18H,9-10,12H2,1H3. The molecule has 1 atom stereocenters. The number of hydrogen-bond acceptors (Lipinski definition) is 2. The van der Waals surface area contributed by atoms with Crippen LogP contribution in [0.2, 0.25) is 0 Å². The summed E-state index contributed by atoms with van der Waals surface area (Å²) < 4.78 is 5.27. The second-order valence-corrected chi connectivity index (χ2v) is 5.04. The summed E-state index contributed by atoms with van der Waals surface area (Å²) in [6.45, 7) is 2.25. The topological polar surface area (TPSA) is 21.3 Å². The van der Waals surface area contributed by atoms with Crippen molar-refractivity contribution in [3.8, 4) is 16.9 Å². The van der Waals surface area contributed by atoms with E-state index in [1.54, 1.807) is 7.11 Å².